The summed E-state index contributed by atoms with van der Waals surface area (Å²) in [5.41, 5.74) is 9.81. The van der Waals surface area contributed by atoms with Crippen molar-refractivity contribution < 1.29 is 4.79 Å². The van der Waals surface area contributed by atoms with Gasteiger partial charge >= 0.3 is 0 Å². The molecule has 3 aromatic rings. The highest BCUT2D eigenvalue weighted by Crippen LogP contribution is 2.31. The molecule has 0 atom stereocenters. The minimum absolute atomic E-state index is 0.163. The summed E-state index contributed by atoms with van der Waals surface area (Å²) in [6.07, 6.45) is 3.51. The average Bonchev–Trinajstić information content (AvgIpc) is 2.90. The summed E-state index contributed by atoms with van der Waals surface area (Å²) >= 11 is 11.9. The van der Waals surface area contributed by atoms with Crippen LogP contribution in [-0.2, 0) is 0 Å². The van der Waals surface area contributed by atoms with Gasteiger partial charge in [0, 0.05) is 28.0 Å². The van der Waals surface area contributed by atoms with Crippen LogP contribution < -0.4 is 16.2 Å². The van der Waals surface area contributed by atoms with Gasteiger partial charge in [-0.3, -0.25) is 10.2 Å². The monoisotopic (exact) mass is 373 g/mol. The molecule has 0 spiro atoms. The van der Waals surface area contributed by atoms with E-state index in [1.165, 1.54) is 0 Å². The third-order valence-corrected chi connectivity index (χ3v) is 4.35. The molecule has 1 aliphatic heterocycles. The Hall–Kier alpha value is -2.70. The predicted octanol–water partition coefficient (Wildman–Crippen LogP) is 3.57. The van der Waals surface area contributed by atoms with Crippen LogP contribution in [0.5, 0.6) is 0 Å². The fourth-order valence-corrected chi connectivity index (χ4v) is 3.04. The van der Waals surface area contributed by atoms with Crippen LogP contribution in [0, 0.1) is 0 Å². The molecule has 0 aliphatic carbocycles. The van der Waals surface area contributed by atoms with Crippen LogP contribution in [0.15, 0.2) is 42.6 Å². The zero-order valence-corrected chi connectivity index (χ0v) is 14.4. The third-order valence-electron chi connectivity index (χ3n) is 3.89. The van der Waals surface area contributed by atoms with E-state index < -0.39 is 0 Å². The maximum absolute atomic E-state index is 12.3. The lowest BCUT2D eigenvalue weighted by Crippen LogP contribution is -2.22. The van der Waals surface area contributed by atoms with Crippen molar-refractivity contribution in [3.05, 3.63) is 64.0 Å². The summed E-state index contributed by atoms with van der Waals surface area (Å²) in [4.78, 5) is 19.5. The minimum Gasteiger partial charge on any atom is -0.350 e. The van der Waals surface area contributed by atoms with Gasteiger partial charge in [0.05, 0.1) is 17.6 Å². The Morgan fingerprint density at radius 3 is 2.80 bits per heavy atom. The minimum atomic E-state index is -0.163. The van der Waals surface area contributed by atoms with E-state index in [1.54, 1.807) is 24.4 Å². The van der Waals surface area contributed by atoms with Gasteiger partial charge in [0.15, 0.2) is 0 Å². The molecule has 3 heterocycles. The fourth-order valence-electron chi connectivity index (χ4n) is 2.75. The molecule has 4 rings (SSSR count). The number of hydrogen-bond acceptors (Lipinski definition) is 4. The first kappa shape index (κ1) is 15.8. The second-order valence-electron chi connectivity index (χ2n) is 5.51. The first-order valence-corrected chi connectivity index (χ1v) is 8.31. The largest absolute Gasteiger partial charge is 0.350 e. The number of halogens is 2. The van der Waals surface area contributed by atoms with E-state index >= 15 is 0 Å². The highest BCUT2D eigenvalue weighted by atomic mass is 35.5. The molecule has 0 fully saturated rings. The number of aromatic nitrogens is 2. The lowest BCUT2D eigenvalue weighted by Gasteiger charge is -2.13. The summed E-state index contributed by atoms with van der Waals surface area (Å²) < 4.78 is 0. The second kappa shape index (κ2) is 6.31. The zero-order valence-electron chi connectivity index (χ0n) is 12.9. The Bertz CT molecular complexity index is 994. The molecule has 2 aromatic heterocycles. The number of hydrazine groups is 1. The van der Waals surface area contributed by atoms with Crippen molar-refractivity contribution in [1.82, 2.24) is 20.7 Å². The van der Waals surface area contributed by atoms with Gasteiger partial charge in [-0.25, -0.2) is 4.98 Å². The molecule has 4 N–H and O–H groups in total. The van der Waals surface area contributed by atoms with Gasteiger partial charge in [-0.05, 0) is 36.4 Å². The summed E-state index contributed by atoms with van der Waals surface area (Å²) in [7, 11) is 0. The predicted molar refractivity (Wildman–Crippen MR) is 99.6 cm³/mol. The van der Waals surface area contributed by atoms with Crippen LogP contribution in [-0.4, -0.2) is 22.4 Å². The number of rotatable bonds is 3. The quantitative estimate of drug-likeness (QED) is 0.417. The molecule has 0 radical (unpaired) electrons. The lowest BCUT2D eigenvalue weighted by atomic mass is 10.1. The molecule has 1 amide bonds. The Balaban J connectivity index is 1.73. The van der Waals surface area contributed by atoms with E-state index in [4.69, 9.17) is 23.2 Å². The molecule has 8 heteroatoms. The van der Waals surface area contributed by atoms with E-state index in [0.29, 0.717) is 22.4 Å². The Labute approximate surface area is 153 Å². The normalized spacial score (nSPS) is 13.7. The van der Waals surface area contributed by atoms with Crippen LogP contribution >= 0.6 is 23.2 Å². The lowest BCUT2D eigenvalue weighted by molar-refractivity contribution is 0.0954. The van der Waals surface area contributed by atoms with E-state index in [1.807, 2.05) is 18.2 Å². The van der Waals surface area contributed by atoms with Crippen molar-refractivity contribution in [3.63, 3.8) is 0 Å². The molecule has 6 nitrogen and oxygen atoms in total. The molecule has 1 aromatic carbocycles. The third kappa shape index (κ3) is 3.01. The number of aromatic amines is 1. The summed E-state index contributed by atoms with van der Waals surface area (Å²) in [5.74, 6) is -0.163. The number of fused-ring (bicyclic) bond motifs is 3. The summed E-state index contributed by atoms with van der Waals surface area (Å²) in [5, 5.41) is 4.73. The van der Waals surface area contributed by atoms with Gasteiger partial charge in [-0.1, -0.05) is 23.2 Å². The van der Waals surface area contributed by atoms with Gasteiger partial charge in [-0.15, -0.1) is 0 Å². The highest BCUT2D eigenvalue weighted by molar-refractivity contribution is 6.31. The standard InChI is InChI=1S/C17H13Cl2N5O/c18-9-1-3-12-11(7-9)15-13(5-6-20-17(25)16(15)22-12)24-23-10-2-4-14(19)21-8-10/h1-5,7-8,22-24H,6H2,(H,20,25). The smallest absolute Gasteiger partial charge is 0.268 e. The van der Waals surface area contributed by atoms with Crippen LogP contribution in [0.25, 0.3) is 16.6 Å². The molecule has 0 unspecified atom stereocenters. The number of carbonyl (C=O) groups is 1. The van der Waals surface area contributed by atoms with Gasteiger partial charge in [0.2, 0.25) is 0 Å². The average molecular weight is 374 g/mol. The van der Waals surface area contributed by atoms with Crippen molar-refractivity contribution in [2.75, 3.05) is 12.0 Å². The number of pyridine rings is 1. The SMILES string of the molecule is O=C1NCC=C(NNc2ccc(Cl)nc2)c2c1[nH]c1ccc(Cl)cc21. The van der Waals surface area contributed by atoms with E-state index in [-0.39, 0.29) is 5.91 Å². The first-order chi connectivity index (χ1) is 12.1. The molecular weight excluding hydrogens is 361 g/mol. The van der Waals surface area contributed by atoms with E-state index in [2.05, 4.69) is 26.1 Å². The molecule has 25 heavy (non-hydrogen) atoms. The van der Waals surface area contributed by atoms with Gasteiger partial charge in [-0.2, -0.15) is 0 Å². The van der Waals surface area contributed by atoms with Crippen LogP contribution in [0.4, 0.5) is 5.69 Å². The maximum atomic E-state index is 12.3. The molecule has 0 bridgehead atoms. The Morgan fingerprint density at radius 1 is 1.12 bits per heavy atom. The van der Waals surface area contributed by atoms with Gasteiger partial charge in [0.1, 0.15) is 10.8 Å². The summed E-state index contributed by atoms with van der Waals surface area (Å²) in [6.45, 7) is 0.409. The number of nitrogens with one attached hydrogen (secondary N) is 4. The van der Waals surface area contributed by atoms with Crippen molar-refractivity contribution in [2.45, 2.75) is 0 Å². The number of hydrogen-bond donors (Lipinski definition) is 4. The molecule has 0 saturated carbocycles. The van der Waals surface area contributed by atoms with Gasteiger partial charge in [0.25, 0.3) is 5.91 Å². The number of anilines is 1. The number of amides is 1. The Morgan fingerprint density at radius 2 is 2.00 bits per heavy atom. The molecule has 0 saturated heterocycles. The molecular formula is C17H13Cl2N5O. The second-order valence-corrected chi connectivity index (χ2v) is 6.34. The maximum Gasteiger partial charge on any atom is 0.268 e. The number of carbonyl (C=O) groups excluding carboxylic acids is 1. The van der Waals surface area contributed by atoms with Crippen LogP contribution in [0.2, 0.25) is 10.2 Å². The van der Waals surface area contributed by atoms with Crippen molar-refractivity contribution in [1.29, 1.82) is 0 Å². The topological polar surface area (TPSA) is 81.8 Å². The molecule has 1 aliphatic rings. The highest BCUT2D eigenvalue weighted by Gasteiger charge is 2.23. The van der Waals surface area contributed by atoms with Crippen LogP contribution in [0.3, 0.4) is 0 Å². The van der Waals surface area contributed by atoms with Crippen LogP contribution in [0.1, 0.15) is 16.1 Å². The fraction of sp³-hybridized carbons (Fsp3) is 0.0588. The zero-order chi connectivity index (χ0) is 17.4. The summed E-state index contributed by atoms with van der Waals surface area (Å²) in [6, 6.07) is 8.97. The number of benzene rings is 1. The van der Waals surface area contributed by atoms with Crippen molar-refractivity contribution >= 4 is 51.4 Å². The van der Waals surface area contributed by atoms with Crippen molar-refractivity contribution in [2.24, 2.45) is 0 Å². The first-order valence-electron chi connectivity index (χ1n) is 7.55. The van der Waals surface area contributed by atoms with Crippen molar-refractivity contribution in [3.8, 4) is 0 Å². The van der Waals surface area contributed by atoms with E-state index in [9.17, 15) is 4.79 Å². The van der Waals surface area contributed by atoms with Gasteiger partial charge < -0.3 is 15.7 Å². The number of H-pyrrole nitrogens is 1. The number of nitrogens with zero attached hydrogens (tertiary/aromatic N) is 1. The molecule has 126 valence electrons. The van der Waals surface area contributed by atoms with E-state index in [0.717, 1.165) is 27.9 Å². The Kier molecular flexibility index (Phi) is 3.99.